The van der Waals surface area contributed by atoms with Gasteiger partial charge in [-0.3, -0.25) is 4.79 Å². The summed E-state index contributed by atoms with van der Waals surface area (Å²) in [5.41, 5.74) is 0.119. The van der Waals surface area contributed by atoms with Crippen molar-refractivity contribution >= 4 is 11.9 Å². The van der Waals surface area contributed by atoms with E-state index in [2.05, 4.69) is 12.2 Å². The molecule has 0 N–H and O–H groups in total. The zero-order valence-electron chi connectivity index (χ0n) is 15.4. The van der Waals surface area contributed by atoms with Crippen LogP contribution in [0.4, 0.5) is 0 Å². The van der Waals surface area contributed by atoms with Crippen molar-refractivity contribution in [2.45, 2.75) is 45.4 Å². The van der Waals surface area contributed by atoms with Crippen LogP contribution in [-0.2, 0) is 9.53 Å². The Labute approximate surface area is 154 Å². The van der Waals surface area contributed by atoms with Crippen LogP contribution in [0.5, 0.6) is 17.2 Å². The van der Waals surface area contributed by atoms with Crippen LogP contribution in [-0.4, -0.2) is 32.3 Å². The molecule has 1 aliphatic heterocycles. The SMILES string of the molecule is COc1cc2c(c(OC(C)=O)c1)C(=O)OCCCCC=CCCCCO2. The molecular weight excluding hydrogens is 336 g/mol. The van der Waals surface area contributed by atoms with Crippen molar-refractivity contribution in [1.29, 1.82) is 0 Å². The van der Waals surface area contributed by atoms with E-state index in [1.54, 1.807) is 6.07 Å². The fourth-order valence-corrected chi connectivity index (χ4v) is 2.62. The van der Waals surface area contributed by atoms with Crippen LogP contribution in [0.2, 0.25) is 0 Å². The number of hydrogen-bond acceptors (Lipinski definition) is 6. The zero-order chi connectivity index (χ0) is 18.8. The fourth-order valence-electron chi connectivity index (χ4n) is 2.62. The highest BCUT2D eigenvalue weighted by molar-refractivity contribution is 5.97. The van der Waals surface area contributed by atoms with Crippen LogP contribution in [0, 0.1) is 0 Å². The van der Waals surface area contributed by atoms with E-state index in [0.29, 0.717) is 24.7 Å². The quantitative estimate of drug-likeness (QED) is 0.449. The van der Waals surface area contributed by atoms with E-state index in [4.69, 9.17) is 18.9 Å². The molecule has 0 fully saturated rings. The Hall–Kier alpha value is -2.50. The highest BCUT2D eigenvalue weighted by atomic mass is 16.6. The van der Waals surface area contributed by atoms with Crippen LogP contribution >= 0.6 is 0 Å². The molecule has 142 valence electrons. The van der Waals surface area contributed by atoms with Gasteiger partial charge in [-0.25, -0.2) is 4.79 Å². The fraction of sp³-hybridized carbons (Fsp3) is 0.500. The van der Waals surface area contributed by atoms with Gasteiger partial charge >= 0.3 is 11.9 Å². The average molecular weight is 362 g/mol. The van der Waals surface area contributed by atoms with E-state index in [1.807, 2.05) is 0 Å². The molecule has 6 nitrogen and oxygen atoms in total. The lowest BCUT2D eigenvalue weighted by Gasteiger charge is -2.16. The van der Waals surface area contributed by atoms with Crippen molar-refractivity contribution in [3.05, 3.63) is 29.8 Å². The van der Waals surface area contributed by atoms with Gasteiger partial charge in [0.1, 0.15) is 17.1 Å². The zero-order valence-corrected chi connectivity index (χ0v) is 15.4. The summed E-state index contributed by atoms with van der Waals surface area (Å²) in [6.45, 7) is 2.02. The summed E-state index contributed by atoms with van der Waals surface area (Å²) in [6.07, 6.45) is 9.89. The lowest BCUT2D eigenvalue weighted by molar-refractivity contribution is -0.131. The van der Waals surface area contributed by atoms with Crippen molar-refractivity contribution in [2.24, 2.45) is 0 Å². The Kier molecular flexibility index (Phi) is 7.99. The highest BCUT2D eigenvalue weighted by Crippen LogP contribution is 2.35. The van der Waals surface area contributed by atoms with Crippen LogP contribution in [0.1, 0.15) is 55.8 Å². The Morgan fingerprint density at radius 1 is 1.00 bits per heavy atom. The van der Waals surface area contributed by atoms with Gasteiger partial charge in [0.05, 0.1) is 20.3 Å². The lowest BCUT2D eigenvalue weighted by Crippen LogP contribution is -2.14. The summed E-state index contributed by atoms with van der Waals surface area (Å²) in [6, 6.07) is 3.10. The molecule has 6 heteroatoms. The third kappa shape index (κ3) is 6.10. The summed E-state index contributed by atoms with van der Waals surface area (Å²) in [7, 11) is 1.50. The third-order valence-electron chi connectivity index (χ3n) is 3.92. The summed E-state index contributed by atoms with van der Waals surface area (Å²) >= 11 is 0. The normalized spacial score (nSPS) is 16.3. The van der Waals surface area contributed by atoms with E-state index in [9.17, 15) is 9.59 Å². The molecule has 0 bridgehead atoms. The van der Waals surface area contributed by atoms with Gasteiger partial charge < -0.3 is 18.9 Å². The first-order chi connectivity index (χ1) is 12.6. The number of fused-ring (bicyclic) bond motifs is 1. The molecule has 0 aliphatic carbocycles. The Morgan fingerprint density at radius 3 is 2.27 bits per heavy atom. The first-order valence-electron chi connectivity index (χ1n) is 8.97. The maximum atomic E-state index is 12.6. The predicted molar refractivity (Wildman–Crippen MR) is 96.9 cm³/mol. The second kappa shape index (κ2) is 10.5. The predicted octanol–water partition coefficient (Wildman–Crippen LogP) is 4.07. The van der Waals surface area contributed by atoms with Crippen molar-refractivity contribution in [3.63, 3.8) is 0 Å². The molecule has 0 saturated heterocycles. The molecule has 26 heavy (non-hydrogen) atoms. The van der Waals surface area contributed by atoms with E-state index in [1.165, 1.54) is 20.1 Å². The number of benzene rings is 1. The van der Waals surface area contributed by atoms with Crippen LogP contribution in [0.25, 0.3) is 0 Å². The van der Waals surface area contributed by atoms with E-state index in [-0.39, 0.29) is 11.3 Å². The second-order valence-corrected chi connectivity index (χ2v) is 6.04. The second-order valence-electron chi connectivity index (χ2n) is 6.04. The maximum absolute atomic E-state index is 12.6. The number of carbonyl (C=O) groups excluding carboxylic acids is 2. The van der Waals surface area contributed by atoms with Gasteiger partial charge in [0.25, 0.3) is 0 Å². The monoisotopic (exact) mass is 362 g/mol. The molecule has 1 aromatic carbocycles. The molecule has 0 spiro atoms. The number of cyclic esters (lactones) is 1. The first kappa shape index (κ1) is 19.8. The lowest BCUT2D eigenvalue weighted by atomic mass is 10.1. The molecule has 0 atom stereocenters. The largest absolute Gasteiger partial charge is 0.496 e. The molecule has 0 saturated carbocycles. The minimum atomic E-state index is -0.565. The molecule has 0 unspecified atom stereocenters. The summed E-state index contributed by atoms with van der Waals surface area (Å²) in [5.74, 6) is -0.271. The topological polar surface area (TPSA) is 71.1 Å². The number of methoxy groups -OCH3 is 1. The van der Waals surface area contributed by atoms with Gasteiger partial charge in [-0.1, -0.05) is 12.2 Å². The number of allylic oxidation sites excluding steroid dienone is 2. The molecule has 0 aromatic heterocycles. The summed E-state index contributed by atoms with van der Waals surface area (Å²) in [4.78, 5) is 24.0. The number of rotatable bonds is 2. The molecule has 1 aromatic rings. The Morgan fingerprint density at radius 2 is 1.65 bits per heavy atom. The Bertz CT molecular complexity index is 650. The van der Waals surface area contributed by atoms with Crippen LogP contribution in [0.3, 0.4) is 0 Å². The highest BCUT2D eigenvalue weighted by Gasteiger charge is 2.23. The molecule has 2 rings (SSSR count). The maximum Gasteiger partial charge on any atom is 0.345 e. The van der Waals surface area contributed by atoms with E-state index < -0.39 is 11.9 Å². The summed E-state index contributed by atoms with van der Waals surface area (Å²) in [5, 5.41) is 0. The third-order valence-corrected chi connectivity index (χ3v) is 3.92. The molecule has 1 aliphatic rings. The molecule has 1 heterocycles. The minimum Gasteiger partial charge on any atom is -0.496 e. The smallest absolute Gasteiger partial charge is 0.345 e. The van der Waals surface area contributed by atoms with Gasteiger partial charge in [0, 0.05) is 19.1 Å². The van der Waals surface area contributed by atoms with Crippen LogP contribution in [0.15, 0.2) is 24.3 Å². The first-order valence-corrected chi connectivity index (χ1v) is 8.97. The average Bonchev–Trinajstić information content (AvgIpc) is 2.61. The van der Waals surface area contributed by atoms with E-state index >= 15 is 0 Å². The summed E-state index contributed by atoms with van der Waals surface area (Å²) < 4.78 is 21.6. The number of carbonyl (C=O) groups is 2. The van der Waals surface area contributed by atoms with Gasteiger partial charge in [0.2, 0.25) is 0 Å². The molecule has 0 amide bonds. The van der Waals surface area contributed by atoms with Crippen molar-refractivity contribution in [2.75, 3.05) is 20.3 Å². The van der Waals surface area contributed by atoms with E-state index in [0.717, 1.165) is 38.5 Å². The van der Waals surface area contributed by atoms with Crippen molar-refractivity contribution in [3.8, 4) is 17.2 Å². The molecule has 0 radical (unpaired) electrons. The number of hydrogen-bond donors (Lipinski definition) is 0. The number of esters is 2. The number of ether oxygens (including phenoxy) is 4. The van der Waals surface area contributed by atoms with Gasteiger partial charge in [-0.05, 0) is 38.5 Å². The van der Waals surface area contributed by atoms with Gasteiger partial charge in [-0.2, -0.15) is 0 Å². The van der Waals surface area contributed by atoms with Crippen molar-refractivity contribution in [1.82, 2.24) is 0 Å². The molecular formula is C20H26O6. The van der Waals surface area contributed by atoms with Crippen molar-refractivity contribution < 1.29 is 28.5 Å². The minimum absolute atomic E-state index is 0.0860. The standard InChI is InChI=1S/C20H26O6/c1-15(21)26-18-14-16(23-2)13-17-19(18)20(22)25-12-10-8-6-4-3-5-7-9-11-24-17/h3-4,13-14H,5-12H2,1-2H3. The van der Waals surface area contributed by atoms with Crippen LogP contribution < -0.4 is 14.2 Å². The Balaban J connectivity index is 2.31. The van der Waals surface area contributed by atoms with Gasteiger partial charge in [-0.15, -0.1) is 0 Å². The van der Waals surface area contributed by atoms with Gasteiger partial charge in [0.15, 0.2) is 5.75 Å².